The molecule has 2 N–H and O–H groups in total. The number of hydrogen-bond acceptors (Lipinski definition) is 7. The van der Waals surface area contributed by atoms with E-state index in [2.05, 4.69) is 32.9 Å². The van der Waals surface area contributed by atoms with Crippen molar-refractivity contribution in [2.45, 2.75) is 114 Å². The molecule has 2 saturated carbocycles. The number of allylic oxidation sites excluding steroid dienone is 2. The van der Waals surface area contributed by atoms with Crippen LogP contribution in [0, 0.1) is 5.92 Å². The Hall–Kier alpha value is -2.45. The zero-order valence-corrected chi connectivity index (χ0v) is 24.7. The highest BCUT2D eigenvalue weighted by Gasteiger charge is 2.27. The number of hydrogen-bond donors (Lipinski definition) is 2. The highest BCUT2D eigenvalue weighted by Crippen LogP contribution is 2.37. The van der Waals surface area contributed by atoms with E-state index in [1.807, 2.05) is 17.9 Å². The van der Waals surface area contributed by atoms with E-state index in [1.54, 1.807) is 6.20 Å². The van der Waals surface area contributed by atoms with E-state index in [0.29, 0.717) is 29.5 Å². The summed E-state index contributed by atoms with van der Waals surface area (Å²) in [5, 5.41) is 12.3. The monoisotopic (exact) mass is 568 g/mol. The van der Waals surface area contributed by atoms with E-state index in [0.717, 1.165) is 101 Å². The average molecular weight is 569 g/mol. The average Bonchev–Trinajstić information content (AvgIpc) is 3.69. The first-order chi connectivity index (χ1) is 19.5. The van der Waals surface area contributed by atoms with Crippen LogP contribution in [-0.2, 0) is 23.0 Å². The van der Waals surface area contributed by atoms with Gasteiger partial charge in [-0.05, 0) is 102 Å². The number of halogens is 1. The van der Waals surface area contributed by atoms with Gasteiger partial charge in [-0.2, -0.15) is 5.10 Å². The van der Waals surface area contributed by atoms with Gasteiger partial charge in [0, 0.05) is 36.8 Å². The van der Waals surface area contributed by atoms with Crippen molar-refractivity contribution >= 4 is 23.5 Å². The van der Waals surface area contributed by atoms with Crippen molar-refractivity contribution in [2.24, 2.45) is 13.0 Å². The second-order valence-electron chi connectivity index (χ2n) is 11.9. The first-order valence-corrected chi connectivity index (χ1v) is 15.8. The molecule has 218 valence electrons. The molecule has 0 spiro atoms. The predicted molar refractivity (Wildman–Crippen MR) is 159 cm³/mol. The van der Waals surface area contributed by atoms with Gasteiger partial charge in [-0.15, -0.1) is 0 Å². The van der Waals surface area contributed by atoms with Crippen LogP contribution in [0.3, 0.4) is 0 Å². The lowest BCUT2D eigenvalue weighted by molar-refractivity contribution is -0.149. The lowest BCUT2D eigenvalue weighted by atomic mass is 9.91. The molecule has 5 rings (SSSR count). The van der Waals surface area contributed by atoms with E-state index < -0.39 is 0 Å². The summed E-state index contributed by atoms with van der Waals surface area (Å²) in [5.41, 5.74) is 2.98. The number of nitrogens with zero attached hydrogens (tertiary/aromatic N) is 4. The molecule has 2 aromatic rings. The molecule has 9 heteroatoms. The van der Waals surface area contributed by atoms with Gasteiger partial charge in [0.2, 0.25) is 5.95 Å². The Balaban J connectivity index is 1.00. The van der Waals surface area contributed by atoms with Crippen LogP contribution >= 0.6 is 11.6 Å². The fraction of sp³-hybridized carbons (Fsp3) is 0.677. The van der Waals surface area contributed by atoms with Crippen molar-refractivity contribution < 1.29 is 9.53 Å². The first-order valence-electron chi connectivity index (χ1n) is 15.4. The van der Waals surface area contributed by atoms with Crippen LogP contribution < -0.4 is 10.6 Å². The molecule has 3 aliphatic rings. The molecule has 0 aliphatic heterocycles. The Kier molecular flexibility index (Phi) is 10.5. The lowest BCUT2D eigenvalue weighted by Gasteiger charge is -2.30. The number of nitrogens with one attached hydrogen (secondary N) is 2. The normalized spacial score (nSPS) is 24.2. The minimum atomic E-state index is -0.0311. The zero-order valence-electron chi connectivity index (χ0n) is 23.9. The molecule has 0 radical (unpaired) electrons. The maximum absolute atomic E-state index is 12.3. The van der Waals surface area contributed by atoms with Crippen molar-refractivity contribution in [1.29, 1.82) is 0 Å². The van der Waals surface area contributed by atoms with Crippen molar-refractivity contribution in [2.75, 3.05) is 11.9 Å². The number of esters is 1. The molecule has 0 aromatic carbocycles. The summed E-state index contributed by atoms with van der Waals surface area (Å²) >= 11 is 6.54. The Morgan fingerprint density at radius 2 is 1.82 bits per heavy atom. The minimum Gasteiger partial charge on any atom is -0.462 e. The van der Waals surface area contributed by atoms with Gasteiger partial charge in [0.05, 0.1) is 23.1 Å². The third-order valence-electron chi connectivity index (χ3n) is 8.56. The SMILES string of the molecule is Cn1ncc(-c2nc(NC3CCC(NCCCCC(=O)OC4CC/C=C/CCC4)CC3)ncc2Cl)c1CC1CC1. The second kappa shape index (κ2) is 14.4. The number of aryl methyl sites for hydroxylation is 1. The van der Waals surface area contributed by atoms with E-state index >= 15 is 0 Å². The van der Waals surface area contributed by atoms with Gasteiger partial charge in [0.1, 0.15) is 6.10 Å². The molecule has 40 heavy (non-hydrogen) atoms. The Labute approximate surface area is 243 Å². The number of carbonyl (C=O) groups excluding carboxylic acids is 1. The topological polar surface area (TPSA) is 94.0 Å². The van der Waals surface area contributed by atoms with Gasteiger partial charge >= 0.3 is 5.97 Å². The van der Waals surface area contributed by atoms with Gasteiger partial charge in [-0.25, -0.2) is 9.97 Å². The lowest BCUT2D eigenvalue weighted by Crippen LogP contribution is -2.37. The highest BCUT2D eigenvalue weighted by molar-refractivity contribution is 6.32. The molecule has 0 saturated heterocycles. The molecular formula is C31H45ClN6O2. The minimum absolute atomic E-state index is 0.0311. The van der Waals surface area contributed by atoms with Crippen molar-refractivity contribution in [1.82, 2.24) is 25.1 Å². The molecule has 0 amide bonds. The van der Waals surface area contributed by atoms with Crippen LogP contribution in [0.1, 0.15) is 95.6 Å². The van der Waals surface area contributed by atoms with Gasteiger partial charge in [0.15, 0.2) is 0 Å². The number of aromatic nitrogens is 4. The number of anilines is 1. The van der Waals surface area contributed by atoms with E-state index in [4.69, 9.17) is 21.3 Å². The molecule has 1 atom stereocenters. The Morgan fingerprint density at radius 1 is 1.02 bits per heavy atom. The summed E-state index contributed by atoms with van der Waals surface area (Å²) in [5.74, 6) is 1.36. The summed E-state index contributed by atoms with van der Waals surface area (Å²) < 4.78 is 7.68. The fourth-order valence-corrected chi connectivity index (χ4v) is 6.13. The maximum Gasteiger partial charge on any atom is 0.306 e. The summed E-state index contributed by atoms with van der Waals surface area (Å²) in [6.07, 6.45) is 23.7. The smallest absolute Gasteiger partial charge is 0.306 e. The molecular weight excluding hydrogens is 524 g/mol. The summed E-state index contributed by atoms with van der Waals surface area (Å²) in [7, 11) is 1.99. The van der Waals surface area contributed by atoms with Crippen LogP contribution in [0.2, 0.25) is 5.02 Å². The van der Waals surface area contributed by atoms with Crippen molar-refractivity contribution in [3.8, 4) is 11.3 Å². The third kappa shape index (κ3) is 8.53. The molecule has 8 nitrogen and oxygen atoms in total. The largest absolute Gasteiger partial charge is 0.462 e. The zero-order chi connectivity index (χ0) is 27.7. The molecule has 2 fully saturated rings. The number of unbranched alkanes of at least 4 members (excludes halogenated alkanes) is 1. The maximum atomic E-state index is 12.3. The van der Waals surface area contributed by atoms with Crippen molar-refractivity contribution in [3.05, 3.63) is 35.3 Å². The van der Waals surface area contributed by atoms with Crippen LogP contribution in [0.5, 0.6) is 0 Å². The summed E-state index contributed by atoms with van der Waals surface area (Å²) in [6, 6.07) is 0.875. The fourth-order valence-electron chi connectivity index (χ4n) is 5.94. The number of ether oxygens (including phenoxy) is 1. The molecule has 2 heterocycles. The van der Waals surface area contributed by atoms with Crippen molar-refractivity contribution in [3.63, 3.8) is 0 Å². The number of rotatable bonds is 12. The Morgan fingerprint density at radius 3 is 2.65 bits per heavy atom. The standard InChI is InChI=1S/C31H45ClN6O2/c1-38-28(19-22-12-13-22)26(20-35-38)30-27(32)21-34-31(37-30)36-24-16-14-23(15-17-24)33-18-8-7-11-29(39)40-25-9-5-3-2-4-6-10-25/h2-3,20-25,33H,4-19H2,1H3,(H,34,36,37)/b3-2+. The quantitative estimate of drug-likeness (QED) is 0.174. The van der Waals surface area contributed by atoms with Gasteiger partial charge in [0.25, 0.3) is 0 Å². The van der Waals surface area contributed by atoms with E-state index in [1.165, 1.54) is 18.5 Å². The first kappa shape index (κ1) is 29.1. The highest BCUT2D eigenvalue weighted by atomic mass is 35.5. The second-order valence-corrected chi connectivity index (χ2v) is 12.3. The van der Waals surface area contributed by atoms with Crippen LogP contribution in [0.25, 0.3) is 11.3 Å². The van der Waals surface area contributed by atoms with Crippen LogP contribution in [0.15, 0.2) is 24.5 Å². The van der Waals surface area contributed by atoms with Crippen LogP contribution in [0.4, 0.5) is 5.95 Å². The van der Waals surface area contributed by atoms with Gasteiger partial charge < -0.3 is 15.4 Å². The molecule has 1 unspecified atom stereocenters. The van der Waals surface area contributed by atoms with Gasteiger partial charge in [-0.3, -0.25) is 9.48 Å². The van der Waals surface area contributed by atoms with Gasteiger partial charge in [-0.1, -0.05) is 23.8 Å². The summed E-state index contributed by atoms with van der Waals surface area (Å²) in [4.78, 5) is 21.6. The Bertz CT molecular complexity index is 1140. The van der Waals surface area contributed by atoms with E-state index in [9.17, 15) is 4.79 Å². The molecule has 0 bridgehead atoms. The predicted octanol–water partition coefficient (Wildman–Crippen LogP) is 6.40. The number of carbonyl (C=O) groups is 1. The third-order valence-corrected chi connectivity index (χ3v) is 8.83. The van der Waals surface area contributed by atoms with Crippen LogP contribution in [-0.4, -0.2) is 50.5 Å². The molecule has 2 aromatic heterocycles. The van der Waals surface area contributed by atoms with E-state index in [-0.39, 0.29) is 12.1 Å². The molecule has 3 aliphatic carbocycles. The summed E-state index contributed by atoms with van der Waals surface area (Å²) in [6.45, 7) is 0.947.